The predicted molar refractivity (Wildman–Crippen MR) is 73.2 cm³/mol. The van der Waals surface area contributed by atoms with E-state index in [2.05, 4.69) is 4.90 Å². The number of hydrogen-bond donors (Lipinski definition) is 0. The van der Waals surface area contributed by atoms with Gasteiger partial charge in [0, 0.05) is 39.4 Å². The molecule has 1 aliphatic rings. The smallest absolute Gasteiger partial charge is 0.330 e. The summed E-state index contributed by atoms with van der Waals surface area (Å²) in [7, 11) is 1.39. The zero-order valence-electron chi connectivity index (χ0n) is 11.8. The molecule has 2 heterocycles. The Bertz CT molecular complexity index is 611. The summed E-state index contributed by atoms with van der Waals surface area (Å²) in [5, 5.41) is 0. The predicted octanol–water partition coefficient (Wildman–Crippen LogP) is -0.918. The molecule has 7 heteroatoms. The summed E-state index contributed by atoms with van der Waals surface area (Å²) in [6.07, 6.45) is 1.37. The third-order valence-corrected chi connectivity index (χ3v) is 3.49. The van der Waals surface area contributed by atoms with Gasteiger partial charge in [-0.25, -0.2) is 4.79 Å². The van der Waals surface area contributed by atoms with Gasteiger partial charge in [-0.05, 0) is 6.92 Å². The molecule has 0 spiro atoms. The molecule has 1 fully saturated rings. The van der Waals surface area contributed by atoms with Crippen LogP contribution >= 0.6 is 0 Å². The molecule has 0 bridgehead atoms. The Morgan fingerprint density at radius 1 is 1.25 bits per heavy atom. The Kier molecular flexibility index (Phi) is 4.51. The number of carbonyl (C=O) groups excluding carboxylic acids is 1. The first-order chi connectivity index (χ1) is 9.50. The highest BCUT2D eigenvalue weighted by molar-refractivity contribution is 5.93. The van der Waals surface area contributed by atoms with E-state index < -0.39 is 11.2 Å². The first-order valence-corrected chi connectivity index (χ1v) is 6.62. The maximum Gasteiger partial charge on any atom is 0.330 e. The van der Waals surface area contributed by atoms with Gasteiger partial charge in [-0.1, -0.05) is 0 Å². The molecule has 1 aliphatic heterocycles. The van der Waals surface area contributed by atoms with Gasteiger partial charge >= 0.3 is 5.69 Å². The maximum absolute atomic E-state index is 12.0. The summed E-state index contributed by atoms with van der Waals surface area (Å²) in [5.41, 5.74) is -0.882. The van der Waals surface area contributed by atoms with E-state index in [0.717, 1.165) is 17.7 Å². The van der Waals surface area contributed by atoms with E-state index in [4.69, 9.17) is 4.74 Å². The molecule has 0 aliphatic carbocycles. The maximum atomic E-state index is 12.0. The highest BCUT2D eigenvalue weighted by atomic mass is 16.5. The Hall–Kier alpha value is -1.73. The fourth-order valence-electron chi connectivity index (χ4n) is 2.20. The van der Waals surface area contributed by atoms with Crippen LogP contribution in [0.3, 0.4) is 0 Å². The quantitative estimate of drug-likeness (QED) is 0.668. The van der Waals surface area contributed by atoms with E-state index in [1.807, 2.05) is 0 Å². The van der Waals surface area contributed by atoms with Crippen molar-refractivity contribution >= 4 is 5.78 Å². The van der Waals surface area contributed by atoms with Crippen molar-refractivity contribution in [1.29, 1.82) is 0 Å². The number of nitrogens with zero attached hydrogens (tertiary/aromatic N) is 3. The number of Topliss-reactive ketones (excluding diaryl/α,β-unsaturated/α-hetero) is 1. The lowest BCUT2D eigenvalue weighted by atomic mass is 10.2. The fourth-order valence-corrected chi connectivity index (χ4v) is 2.20. The van der Waals surface area contributed by atoms with Gasteiger partial charge in [0.2, 0.25) is 0 Å². The van der Waals surface area contributed by atoms with Crippen LogP contribution in [0.2, 0.25) is 0 Å². The zero-order chi connectivity index (χ0) is 14.7. The molecule has 1 aromatic heterocycles. The number of rotatable bonds is 4. The Morgan fingerprint density at radius 2 is 1.90 bits per heavy atom. The van der Waals surface area contributed by atoms with Gasteiger partial charge in [0.25, 0.3) is 5.56 Å². The number of hydrogen-bond acceptors (Lipinski definition) is 5. The highest BCUT2D eigenvalue weighted by Crippen LogP contribution is 1.97. The van der Waals surface area contributed by atoms with Crippen LogP contribution in [0.25, 0.3) is 0 Å². The van der Waals surface area contributed by atoms with E-state index in [1.54, 1.807) is 0 Å². The van der Waals surface area contributed by atoms with E-state index >= 15 is 0 Å². The summed E-state index contributed by atoms with van der Waals surface area (Å²) < 4.78 is 7.67. The lowest BCUT2D eigenvalue weighted by molar-refractivity contribution is 0.0362. The first kappa shape index (κ1) is 14.7. The molecule has 0 unspecified atom stereocenters. The van der Waals surface area contributed by atoms with Gasteiger partial charge in [0.05, 0.1) is 18.8 Å². The van der Waals surface area contributed by atoms with Crippen molar-refractivity contribution in [2.45, 2.75) is 13.5 Å². The van der Waals surface area contributed by atoms with Crippen molar-refractivity contribution in [2.75, 3.05) is 32.8 Å². The number of ketones is 1. The van der Waals surface area contributed by atoms with E-state index in [0.29, 0.717) is 26.3 Å². The second-order valence-corrected chi connectivity index (χ2v) is 4.89. The van der Waals surface area contributed by atoms with Crippen LogP contribution in [-0.4, -0.2) is 52.7 Å². The summed E-state index contributed by atoms with van der Waals surface area (Å²) in [4.78, 5) is 37.4. The van der Waals surface area contributed by atoms with Crippen LogP contribution in [0.15, 0.2) is 15.8 Å². The fraction of sp³-hybridized carbons (Fsp3) is 0.615. The Labute approximate surface area is 116 Å². The van der Waals surface area contributed by atoms with Crippen molar-refractivity contribution in [3.8, 4) is 0 Å². The molecule has 7 nitrogen and oxygen atoms in total. The topological polar surface area (TPSA) is 73.5 Å². The lowest BCUT2D eigenvalue weighted by Gasteiger charge is -2.26. The zero-order valence-corrected chi connectivity index (χ0v) is 11.8. The Balaban J connectivity index is 2.20. The van der Waals surface area contributed by atoms with Gasteiger partial charge in [0.15, 0.2) is 5.78 Å². The first-order valence-electron chi connectivity index (χ1n) is 6.62. The van der Waals surface area contributed by atoms with Gasteiger partial charge in [-0.2, -0.15) is 0 Å². The number of morpholine rings is 1. The molecule has 2 rings (SSSR count). The average Bonchev–Trinajstić information content (AvgIpc) is 2.45. The van der Waals surface area contributed by atoms with Gasteiger partial charge in [0.1, 0.15) is 0 Å². The van der Waals surface area contributed by atoms with Crippen LogP contribution < -0.4 is 11.2 Å². The third-order valence-electron chi connectivity index (χ3n) is 3.49. The number of ether oxygens (including phenoxy) is 1. The molecule has 0 amide bonds. The van der Waals surface area contributed by atoms with Gasteiger partial charge in [-0.3, -0.25) is 23.6 Å². The molecule has 0 aromatic carbocycles. The number of carbonyl (C=O) groups is 1. The van der Waals surface area contributed by atoms with Crippen molar-refractivity contribution < 1.29 is 9.53 Å². The summed E-state index contributed by atoms with van der Waals surface area (Å²) in [6, 6.07) is 0. The molecular formula is C13H19N3O4. The van der Waals surface area contributed by atoms with Crippen LogP contribution in [0.1, 0.15) is 17.3 Å². The van der Waals surface area contributed by atoms with E-state index in [-0.39, 0.29) is 11.3 Å². The third kappa shape index (κ3) is 3.05. The SMILES string of the molecule is CC(=O)c1cn(CCN2CCOCC2)c(=O)n(C)c1=O. The monoisotopic (exact) mass is 281 g/mol. The van der Waals surface area contributed by atoms with E-state index in [9.17, 15) is 14.4 Å². The standard InChI is InChI=1S/C13H19N3O4/c1-10(17)11-9-16(13(19)14(2)12(11)18)4-3-15-5-7-20-8-6-15/h9H,3-8H2,1-2H3. The summed E-state index contributed by atoms with van der Waals surface area (Å²) >= 11 is 0. The minimum atomic E-state index is -0.537. The second kappa shape index (κ2) is 6.15. The van der Waals surface area contributed by atoms with Crippen molar-refractivity contribution in [1.82, 2.24) is 14.0 Å². The second-order valence-electron chi connectivity index (χ2n) is 4.89. The van der Waals surface area contributed by atoms with Gasteiger partial charge < -0.3 is 4.74 Å². The van der Waals surface area contributed by atoms with Crippen LogP contribution in [0, 0.1) is 0 Å². The molecule has 110 valence electrons. The summed E-state index contributed by atoms with van der Waals surface area (Å²) in [5.74, 6) is -0.328. The Morgan fingerprint density at radius 3 is 2.50 bits per heavy atom. The molecule has 1 aromatic rings. The van der Waals surface area contributed by atoms with Gasteiger partial charge in [-0.15, -0.1) is 0 Å². The van der Waals surface area contributed by atoms with E-state index in [1.165, 1.54) is 24.7 Å². The summed E-state index contributed by atoms with van der Waals surface area (Å²) in [6.45, 7) is 5.53. The normalized spacial score (nSPS) is 16.3. The van der Waals surface area contributed by atoms with Crippen molar-refractivity contribution in [2.24, 2.45) is 7.05 Å². The molecule has 0 saturated carbocycles. The number of aromatic nitrogens is 2. The largest absolute Gasteiger partial charge is 0.379 e. The highest BCUT2D eigenvalue weighted by Gasteiger charge is 2.14. The molecular weight excluding hydrogens is 262 g/mol. The van der Waals surface area contributed by atoms with Crippen molar-refractivity contribution in [3.05, 3.63) is 32.6 Å². The molecule has 0 radical (unpaired) electrons. The molecule has 20 heavy (non-hydrogen) atoms. The van der Waals surface area contributed by atoms with Crippen molar-refractivity contribution in [3.63, 3.8) is 0 Å². The lowest BCUT2D eigenvalue weighted by Crippen LogP contribution is -2.43. The molecule has 1 saturated heterocycles. The minimum absolute atomic E-state index is 0.0501. The molecule has 0 atom stereocenters. The molecule has 0 N–H and O–H groups in total. The minimum Gasteiger partial charge on any atom is -0.379 e. The van der Waals surface area contributed by atoms with Crippen LogP contribution in [-0.2, 0) is 18.3 Å². The van der Waals surface area contributed by atoms with Crippen LogP contribution in [0.5, 0.6) is 0 Å². The average molecular weight is 281 g/mol. The van der Waals surface area contributed by atoms with Crippen LogP contribution in [0.4, 0.5) is 0 Å².